The number of para-hydroxylation sites is 2. The van der Waals surface area contributed by atoms with Gasteiger partial charge >= 0.3 is 0 Å². The number of rotatable bonds is 11. The van der Waals surface area contributed by atoms with Crippen molar-refractivity contribution in [3.63, 3.8) is 0 Å². The fourth-order valence-electron chi connectivity index (χ4n) is 4.86. The van der Waals surface area contributed by atoms with Crippen LogP contribution in [0.2, 0.25) is 0 Å². The Hall–Kier alpha value is -4.39. The van der Waals surface area contributed by atoms with Gasteiger partial charge in [0.05, 0.1) is 6.21 Å². The second-order valence-electron chi connectivity index (χ2n) is 10.6. The monoisotopic (exact) mass is 538 g/mol. The zero-order valence-electron chi connectivity index (χ0n) is 23.9. The predicted molar refractivity (Wildman–Crippen MR) is 161 cm³/mol. The Morgan fingerprint density at radius 3 is 2.48 bits per heavy atom. The van der Waals surface area contributed by atoms with Crippen molar-refractivity contribution < 1.29 is 14.3 Å². The van der Waals surface area contributed by atoms with E-state index in [0.717, 1.165) is 34.3 Å². The van der Waals surface area contributed by atoms with E-state index in [2.05, 4.69) is 70.7 Å². The van der Waals surface area contributed by atoms with Crippen molar-refractivity contribution in [3.8, 4) is 5.75 Å². The van der Waals surface area contributed by atoms with Gasteiger partial charge in [-0.05, 0) is 56.4 Å². The first-order valence-corrected chi connectivity index (χ1v) is 13.7. The summed E-state index contributed by atoms with van der Waals surface area (Å²) in [5.41, 5.74) is 9.14. The lowest BCUT2D eigenvalue weighted by Gasteiger charge is -2.19. The Balaban J connectivity index is 1.46. The topological polar surface area (TPSA) is 84.7 Å². The molecule has 1 atom stereocenters. The van der Waals surface area contributed by atoms with Gasteiger partial charge < -0.3 is 14.6 Å². The number of benzene rings is 3. The largest absolute Gasteiger partial charge is 0.484 e. The van der Waals surface area contributed by atoms with Gasteiger partial charge in [-0.1, -0.05) is 80.1 Å². The minimum Gasteiger partial charge on any atom is -0.484 e. The first-order valence-electron chi connectivity index (χ1n) is 13.7. The van der Waals surface area contributed by atoms with Crippen molar-refractivity contribution in [3.05, 3.63) is 101 Å². The molecule has 4 rings (SSSR count). The fraction of sp³-hybridized carbons (Fsp3) is 0.303. The highest BCUT2D eigenvalue weighted by molar-refractivity contribution is 6.01. The molecular weight excluding hydrogens is 500 g/mol. The van der Waals surface area contributed by atoms with Crippen LogP contribution in [0.15, 0.2) is 77.9 Å². The van der Waals surface area contributed by atoms with E-state index in [1.165, 1.54) is 11.1 Å². The highest BCUT2D eigenvalue weighted by atomic mass is 16.5. The maximum absolute atomic E-state index is 13.1. The smallest absolute Gasteiger partial charge is 0.262 e. The van der Waals surface area contributed by atoms with Crippen LogP contribution in [0, 0.1) is 26.7 Å². The number of amides is 2. The van der Waals surface area contributed by atoms with E-state index in [9.17, 15) is 9.59 Å². The Morgan fingerprint density at radius 2 is 1.73 bits per heavy atom. The van der Waals surface area contributed by atoms with E-state index in [1.807, 2.05) is 57.2 Å². The Morgan fingerprint density at radius 1 is 0.975 bits per heavy atom. The average molecular weight is 539 g/mol. The van der Waals surface area contributed by atoms with Crippen molar-refractivity contribution in [2.75, 3.05) is 6.61 Å². The van der Waals surface area contributed by atoms with Gasteiger partial charge in [0.15, 0.2) is 6.61 Å². The molecule has 3 aromatic carbocycles. The molecule has 1 heterocycles. The third kappa shape index (κ3) is 7.17. The zero-order chi connectivity index (χ0) is 28.6. The summed E-state index contributed by atoms with van der Waals surface area (Å²) in [5, 5.41) is 8.18. The van der Waals surface area contributed by atoms with E-state index in [4.69, 9.17) is 4.74 Å². The summed E-state index contributed by atoms with van der Waals surface area (Å²) in [5.74, 6) is 0.113. The van der Waals surface area contributed by atoms with Crippen molar-refractivity contribution in [1.29, 1.82) is 0 Å². The van der Waals surface area contributed by atoms with Crippen LogP contribution in [0.5, 0.6) is 5.75 Å². The lowest BCUT2D eigenvalue weighted by Crippen LogP contribution is -2.47. The van der Waals surface area contributed by atoms with Gasteiger partial charge in [-0.15, -0.1) is 0 Å². The van der Waals surface area contributed by atoms with Crippen molar-refractivity contribution in [2.24, 2.45) is 11.0 Å². The number of carbonyl (C=O) groups excluding carboxylic acids is 2. The van der Waals surface area contributed by atoms with Gasteiger partial charge in [-0.2, -0.15) is 5.10 Å². The molecule has 7 heteroatoms. The third-order valence-corrected chi connectivity index (χ3v) is 6.88. The van der Waals surface area contributed by atoms with Gasteiger partial charge in [0.25, 0.3) is 11.8 Å². The molecule has 0 bridgehead atoms. The highest BCUT2D eigenvalue weighted by Crippen LogP contribution is 2.26. The maximum atomic E-state index is 13.1. The summed E-state index contributed by atoms with van der Waals surface area (Å²) in [6.45, 7) is 10.7. The second kappa shape index (κ2) is 13.1. The van der Waals surface area contributed by atoms with E-state index in [1.54, 1.807) is 6.21 Å². The Bertz CT molecular complexity index is 1520. The van der Waals surface area contributed by atoms with Crippen molar-refractivity contribution >= 4 is 28.9 Å². The van der Waals surface area contributed by atoms with E-state index in [-0.39, 0.29) is 24.3 Å². The number of nitrogens with one attached hydrogen (secondary N) is 2. The van der Waals surface area contributed by atoms with E-state index < -0.39 is 6.04 Å². The average Bonchev–Trinajstić information content (AvgIpc) is 3.18. The molecule has 0 fully saturated rings. The van der Waals surface area contributed by atoms with Crippen LogP contribution in [0.1, 0.15) is 48.2 Å². The lowest BCUT2D eigenvalue weighted by atomic mass is 10.0. The number of hydrogen-bond donors (Lipinski definition) is 2. The van der Waals surface area contributed by atoms with Crippen LogP contribution in [0.3, 0.4) is 0 Å². The fourth-order valence-corrected chi connectivity index (χ4v) is 4.86. The molecule has 0 aliphatic carbocycles. The second-order valence-corrected chi connectivity index (χ2v) is 10.6. The molecule has 4 aromatic rings. The van der Waals surface area contributed by atoms with Gasteiger partial charge in [0.2, 0.25) is 0 Å². The first-order chi connectivity index (χ1) is 19.2. The molecule has 0 radical (unpaired) electrons. The summed E-state index contributed by atoms with van der Waals surface area (Å²) in [4.78, 5) is 25.7. The molecule has 0 aliphatic rings. The molecule has 7 nitrogen and oxygen atoms in total. The Labute approximate surface area is 236 Å². The first kappa shape index (κ1) is 28.6. The lowest BCUT2D eigenvalue weighted by molar-refractivity contribution is -0.130. The molecule has 208 valence electrons. The number of ether oxygens (including phenoxy) is 1. The van der Waals surface area contributed by atoms with Crippen LogP contribution in [-0.4, -0.2) is 35.2 Å². The summed E-state index contributed by atoms with van der Waals surface area (Å²) in [6, 6.07) is 23.5. The highest BCUT2D eigenvalue weighted by Gasteiger charge is 2.22. The van der Waals surface area contributed by atoms with Gasteiger partial charge in [-0.3, -0.25) is 9.59 Å². The van der Waals surface area contributed by atoms with Crippen LogP contribution in [0.25, 0.3) is 10.9 Å². The number of hydrazone groups is 1. The molecular formula is C33H38N4O3. The van der Waals surface area contributed by atoms with Crippen LogP contribution < -0.4 is 15.5 Å². The number of fused-ring (bicyclic) bond motifs is 1. The van der Waals surface area contributed by atoms with Crippen LogP contribution >= 0.6 is 0 Å². The van der Waals surface area contributed by atoms with E-state index in [0.29, 0.717) is 12.2 Å². The standard InChI is InChI=1S/C33H38N4O3/c1-22(2)17-29(35-32(38)21-40-31-16-9-6-12-24(31)4)33(39)36-34-19-28-25(5)37(30-15-8-7-14-27(28)30)20-26-13-10-11-23(3)18-26/h6-16,18-19,22,29H,17,20-21H2,1-5H3,(H,35,38)(H,36,39)/b34-19-/t29-/m0/s1. The van der Waals surface area contributed by atoms with E-state index >= 15 is 0 Å². The summed E-state index contributed by atoms with van der Waals surface area (Å²) in [7, 11) is 0. The SMILES string of the molecule is Cc1cccc(Cn2c(C)c(/C=N\NC(=O)[C@H](CC(C)C)NC(=O)COc3ccccc3C)c3ccccc32)c1. The molecule has 0 unspecified atom stereocenters. The molecule has 2 N–H and O–H groups in total. The molecule has 0 saturated heterocycles. The number of aryl methyl sites for hydroxylation is 2. The number of aromatic nitrogens is 1. The molecule has 1 aromatic heterocycles. The molecule has 0 saturated carbocycles. The molecule has 2 amide bonds. The van der Waals surface area contributed by atoms with Gasteiger partial charge in [0, 0.05) is 28.7 Å². The summed E-state index contributed by atoms with van der Waals surface area (Å²) in [6.07, 6.45) is 2.17. The van der Waals surface area contributed by atoms with Gasteiger partial charge in [0.1, 0.15) is 11.8 Å². The van der Waals surface area contributed by atoms with Crippen LogP contribution in [0.4, 0.5) is 0 Å². The maximum Gasteiger partial charge on any atom is 0.262 e. The van der Waals surface area contributed by atoms with Crippen molar-refractivity contribution in [2.45, 2.75) is 53.6 Å². The van der Waals surface area contributed by atoms with Crippen LogP contribution in [-0.2, 0) is 16.1 Å². The molecule has 40 heavy (non-hydrogen) atoms. The number of carbonyl (C=O) groups is 2. The molecule has 0 aliphatic heterocycles. The number of nitrogens with zero attached hydrogens (tertiary/aromatic N) is 2. The minimum atomic E-state index is -0.728. The Kier molecular flexibility index (Phi) is 9.38. The predicted octanol–water partition coefficient (Wildman–Crippen LogP) is 5.67. The minimum absolute atomic E-state index is 0.171. The number of hydrogen-bond acceptors (Lipinski definition) is 4. The quantitative estimate of drug-likeness (QED) is 0.190. The van der Waals surface area contributed by atoms with Crippen molar-refractivity contribution in [1.82, 2.24) is 15.3 Å². The summed E-state index contributed by atoms with van der Waals surface area (Å²) < 4.78 is 7.92. The third-order valence-electron chi connectivity index (χ3n) is 6.88. The summed E-state index contributed by atoms with van der Waals surface area (Å²) >= 11 is 0. The molecule has 0 spiro atoms. The van der Waals surface area contributed by atoms with Gasteiger partial charge in [-0.25, -0.2) is 5.43 Å². The zero-order valence-corrected chi connectivity index (χ0v) is 23.9. The normalized spacial score (nSPS) is 12.2.